The summed E-state index contributed by atoms with van der Waals surface area (Å²) < 4.78 is 1.10. The van der Waals surface area contributed by atoms with Gasteiger partial charge in [0.05, 0.1) is 6.42 Å². The second kappa shape index (κ2) is 5.59. The largest absolute Gasteiger partial charge is 0.274 e. The molecule has 2 rings (SSSR count). The van der Waals surface area contributed by atoms with E-state index in [0.717, 1.165) is 20.5 Å². The van der Waals surface area contributed by atoms with Gasteiger partial charge in [0, 0.05) is 21.5 Å². The number of halogens is 1. The standard InChI is InChI=1S/C13H13ClN2O2S/c1-7-10-5-9(14)3-4-11(10)19-12(7)6-13(18)16-15-8(2)17/h3-5H,6H2,1-2H3,(H,15,17)(H,16,18). The van der Waals surface area contributed by atoms with E-state index in [1.807, 2.05) is 25.1 Å². The van der Waals surface area contributed by atoms with Gasteiger partial charge in [-0.15, -0.1) is 11.3 Å². The lowest BCUT2D eigenvalue weighted by Gasteiger charge is -2.04. The Bertz CT molecular complexity index is 651. The molecule has 0 saturated heterocycles. The van der Waals surface area contributed by atoms with Crippen LogP contribution >= 0.6 is 22.9 Å². The highest BCUT2D eigenvalue weighted by Crippen LogP contribution is 2.32. The van der Waals surface area contributed by atoms with Crippen molar-refractivity contribution in [2.24, 2.45) is 0 Å². The van der Waals surface area contributed by atoms with Gasteiger partial charge < -0.3 is 0 Å². The average molecular weight is 297 g/mol. The molecule has 0 unspecified atom stereocenters. The number of benzene rings is 1. The van der Waals surface area contributed by atoms with Crippen LogP contribution in [0.5, 0.6) is 0 Å². The molecule has 0 saturated carbocycles. The predicted molar refractivity (Wildman–Crippen MR) is 77.2 cm³/mol. The molecule has 100 valence electrons. The third-order valence-electron chi connectivity index (χ3n) is 2.70. The van der Waals surface area contributed by atoms with E-state index in [2.05, 4.69) is 10.9 Å². The quantitative estimate of drug-likeness (QED) is 0.837. The summed E-state index contributed by atoms with van der Waals surface area (Å²) in [6.07, 6.45) is 0.239. The summed E-state index contributed by atoms with van der Waals surface area (Å²) >= 11 is 7.53. The highest BCUT2D eigenvalue weighted by atomic mass is 35.5. The Morgan fingerprint density at radius 2 is 2.05 bits per heavy atom. The summed E-state index contributed by atoms with van der Waals surface area (Å²) in [5, 5.41) is 1.75. The van der Waals surface area contributed by atoms with E-state index in [-0.39, 0.29) is 18.2 Å². The van der Waals surface area contributed by atoms with E-state index < -0.39 is 0 Å². The molecule has 0 bridgehead atoms. The number of carbonyl (C=O) groups excluding carboxylic acids is 2. The van der Waals surface area contributed by atoms with Crippen molar-refractivity contribution < 1.29 is 9.59 Å². The molecule has 0 spiro atoms. The summed E-state index contributed by atoms with van der Waals surface area (Å²) in [6.45, 7) is 3.31. The van der Waals surface area contributed by atoms with E-state index in [1.165, 1.54) is 6.92 Å². The van der Waals surface area contributed by atoms with Crippen LogP contribution in [0, 0.1) is 6.92 Å². The minimum atomic E-state index is -0.298. The minimum absolute atomic E-state index is 0.239. The van der Waals surface area contributed by atoms with Crippen molar-refractivity contribution >= 4 is 44.8 Å². The molecular formula is C13H13ClN2O2S. The third-order valence-corrected chi connectivity index (χ3v) is 4.20. The number of fused-ring (bicyclic) bond motifs is 1. The van der Waals surface area contributed by atoms with Crippen molar-refractivity contribution in [3.05, 3.63) is 33.7 Å². The van der Waals surface area contributed by atoms with Crippen LogP contribution in [0.25, 0.3) is 10.1 Å². The van der Waals surface area contributed by atoms with Crippen LogP contribution in [0.1, 0.15) is 17.4 Å². The Kier molecular flexibility index (Phi) is 4.07. The first-order chi connectivity index (χ1) is 8.97. The zero-order valence-corrected chi connectivity index (χ0v) is 12.1. The number of thiophene rings is 1. The molecule has 2 aromatic rings. The molecule has 1 aromatic carbocycles. The predicted octanol–water partition coefficient (Wildman–Crippen LogP) is 2.57. The van der Waals surface area contributed by atoms with Gasteiger partial charge in [-0.2, -0.15) is 0 Å². The van der Waals surface area contributed by atoms with E-state index in [4.69, 9.17) is 11.6 Å². The van der Waals surface area contributed by atoms with Crippen LogP contribution in [0.3, 0.4) is 0 Å². The molecule has 4 nitrogen and oxygen atoms in total. The van der Waals surface area contributed by atoms with E-state index in [1.54, 1.807) is 11.3 Å². The summed E-state index contributed by atoms with van der Waals surface area (Å²) in [5.74, 6) is -0.538. The Labute approximate surface area is 119 Å². The molecule has 0 aliphatic carbocycles. The number of hydrazine groups is 1. The number of hydrogen-bond donors (Lipinski definition) is 2. The van der Waals surface area contributed by atoms with Gasteiger partial charge in [-0.1, -0.05) is 11.6 Å². The highest BCUT2D eigenvalue weighted by molar-refractivity contribution is 7.19. The molecule has 19 heavy (non-hydrogen) atoms. The van der Waals surface area contributed by atoms with Gasteiger partial charge in [0.2, 0.25) is 11.8 Å². The lowest BCUT2D eigenvalue weighted by atomic mass is 10.1. The maximum Gasteiger partial charge on any atom is 0.243 e. The first-order valence-corrected chi connectivity index (χ1v) is 6.90. The molecule has 2 amide bonds. The lowest BCUT2D eigenvalue weighted by molar-refractivity contribution is -0.127. The number of hydrogen-bond acceptors (Lipinski definition) is 3. The lowest BCUT2D eigenvalue weighted by Crippen LogP contribution is -2.41. The van der Waals surface area contributed by atoms with Gasteiger partial charge in [0.1, 0.15) is 0 Å². The smallest absolute Gasteiger partial charge is 0.243 e. The Hall–Kier alpha value is -1.59. The SMILES string of the molecule is CC(=O)NNC(=O)Cc1sc2ccc(Cl)cc2c1C. The topological polar surface area (TPSA) is 58.2 Å². The van der Waals surface area contributed by atoms with Gasteiger partial charge in [0.25, 0.3) is 0 Å². The summed E-state index contributed by atoms with van der Waals surface area (Å²) in [7, 11) is 0. The Morgan fingerprint density at radius 1 is 1.32 bits per heavy atom. The summed E-state index contributed by atoms with van der Waals surface area (Å²) in [4.78, 5) is 23.3. The van der Waals surface area contributed by atoms with Gasteiger partial charge in [-0.25, -0.2) is 0 Å². The fourth-order valence-corrected chi connectivity index (χ4v) is 3.12. The average Bonchev–Trinajstić information content (AvgIpc) is 2.64. The molecule has 1 heterocycles. The molecular weight excluding hydrogens is 284 g/mol. The van der Waals surface area contributed by atoms with Crippen molar-refractivity contribution in [1.29, 1.82) is 0 Å². The minimum Gasteiger partial charge on any atom is -0.274 e. The second-order valence-electron chi connectivity index (χ2n) is 4.20. The van der Waals surface area contributed by atoms with Crippen molar-refractivity contribution in [1.82, 2.24) is 10.9 Å². The van der Waals surface area contributed by atoms with E-state index in [0.29, 0.717) is 5.02 Å². The fraction of sp³-hybridized carbons (Fsp3) is 0.231. The molecule has 0 fully saturated rings. The second-order valence-corrected chi connectivity index (χ2v) is 5.77. The van der Waals surface area contributed by atoms with E-state index in [9.17, 15) is 9.59 Å². The first kappa shape index (κ1) is 13.8. The Balaban J connectivity index is 2.19. The molecule has 0 aliphatic heterocycles. The number of rotatable bonds is 2. The zero-order chi connectivity index (χ0) is 14.0. The monoisotopic (exact) mass is 296 g/mol. The molecule has 6 heteroatoms. The van der Waals surface area contributed by atoms with Gasteiger partial charge in [0.15, 0.2) is 0 Å². The Morgan fingerprint density at radius 3 is 2.74 bits per heavy atom. The zero-order valence-electron chi connectivity index (χ0n) is 10.5. The molecule has 1 aromatic heterocycles. The van der Waals surface area contributed by atoms with Crippen LogP contribution in [0.2, 0.25) is 5.02 Å². The normalized spacial score (nSPS) is 10.5. The number of carbonyl (C=O) groups is 2. The maximum atomic E-state index is 11.7. The van der Waals surface area contributed by atoms with Crippen molar-refractivity contribution in [3.8, 4) is 0 Å². The highest BCUT2D eigenvalue weighted by Gasteiger charge is 2.12. The number of nitrogens with one attached hydrogen (secondary N) is 2. The van der Waals surface area contributed by atoms with Gasteiger partial charge >= 0.3 is 0 Å². The van der Waals surface area contributed by atoms with Crippen LogP contribution in [0.4, 0.5) is 0 Å². The molecule has 0 aliphatic rings. The van der Waals surface area contributed by atoms with Gasteiger partial charge in [-0.3, -0.25) is 20.4 Å². The van der Waals surface area contributed by atoms with Crippen molar-refractivity contribution in [2.75, 3.05) is 0 Å². The number of aryl methyl sites for hydroxylation is 1. The third kappa shape index (κ3) is 3.24. The maximum absolute atomic E-state index is 11.7. The van der Waals surface area contributed by atoms with Crippen LogP contribution < -0.4 is 10.9 Å². The summed E-state index contributed by atoms with van der Waals surface area (Å²) in [5.41, 5.74) is 5.68. The van der Waals surface area contributed by atoms with Crippen molar-refractivity contribution in [3.63, 3.8) is 0 Å². The van der Waals surface area contributed by atoms with Crippen LogP contribution in [0.15, 0.2) is 18.2 Å². The molecule has 0 radical (unpaired) electrons. The first-order valence-electron chi connectivity index (χ1n) is 5.70. The van der Waals surface area contributed by atoms with E-state index >= 15 is 0 Å². The van der Waals surface area contributed by atoms with Crippen LogP contribution in [-0.2, 0) is 16.0 Å². The van der Waals surface area contributed by atoms with Crippen molar-refractivity contribution in [2.45, 2.75) is 20.3 Å². The fourth-order valence-electron chi connectivity index (χ4n) is 1.76. The molecule has 2 N–H and O–H groups in total. The number of amides is 2. The van der Waals surface area contributed by atoms with Gasteiger partial charge in [-0.05, 0) is 36.1 Å². The summed E-state index contributed by atoms with van der Waals surface area (Å²) in [6, 6.07) is 5.68. The molecule has 0 atom stereocenters. The van der Waals surface area contributed by atoms with Crippen LogP contribution in [-0.4, -0.2) is 11.8 Å².